The molecule has 1 aliphatic rings. The van der Waals surface area contributed by atoms with Crippen molar-refractivity contribution in [1.29, 1.82) is 0 Å². The zero-order chi connectivity index (χ0) is 8.55. The maximum atomic E-state index is 11.1. The first-order chi connectivity index (χ1) is 5.81. The molecule has 0 saturated carbocycles. The lowest BCUT2D eigenvalue weighted by Crippen LogP contribution is -1.95. The topological polar surface area (TPSA) is 38.3 Å². The van der Waals surface area contributed by atoms with Crippen LogP contribution in [-0.4, -0.2) is 13.0 Å². The van der Waals surface area contributed by atoms with Crippen LogP contribution in [0.3, 0.4) is 0 Å². The first kappa shape index (κ1) is 7.16. The van der Waals surface area contributed by atoms with Crippen LogP contribution in [0.2, 0.25) is 0 Å². The van der Waals surface area contributed by atoms with Gasteiger partial charge in [-0.15, -0.1) is 0 Å². The fraction of sp³-hybridized carbons (Fsp3) is 0.222. The van der Waals surface area contributed by atoms with Gasteiger partial charge in [-0.05, 0) is 12.1 Å². The molecule has 1 aliphatic heterocycles. The van der Waals surface area contributed by atoms with E-state index in [-0.39, 0.29) is 5.97 Å². The summed E-state index contributed by atoms with van der Waals surface area (Å²) in [5.41, 5.74) is 2.59. The van der Waals surface area contributed by atoms with Crippen molar-refractivity contribution in [3.05, 3.63) is 29.3 Å². The molecule has 0 unspecified atom stereocenters. The Labute approximate surface area is 70.3 Å². The van der Waals surface area contributed by atoms with Gasteiger partial charge in [-0.1, -0.05) is 6.07 Å². The van der Waals surface area contributed by atoms with Crippen LogP contribution in [0.5, 0.6) is 0 Å². The predicted molar refractivity (Wildman–Crippen MR) is 45.1 cm³/mol. The van der Waals surface area contributed by atoms with Gasteiger partial charge in [0.1, 0.15) is 6.61 Å². The van der Waals surface area contributed by atoms with E-state index < -0.39 is 0 Å². The lowest BCUT2D eigenvalue weighted by molar-refractivity contribution is 0.0535. The van der Waals surface area contributed by atoms with Gasteiger partial charge in [0.05, 0.1) is 5.56 Å². The van der Waals surface area contributed by atoms with E-state index in [1.54, 1.807) is 0 Å². The molecule has 3 nitrogen and oxygen atoms in total. The van der Waals surface area contributed by atoms with Crippen molar-refractivity contribution in [2.75, 3.05) is 12.4 Å². The highest BCUT2D eigenvalue weighted by Crippen LogP contribution is 2.22. The minimum Gasteiger partial charge on any atom is -0.457 e. The van der Waals surface area contributed by atoms with Crippen molar-refractivity contribution < 1.29 is 9.53 Å². The van der Waals surface area contributed by atoms with E-state index in [1.165, 1.54) is 0 Å². The van der Waals surface area contributed by atoms with Gasteiger partial charge in [0.25, 0.3) is 0 Å². The van der Waals surface area contributed by atoms with E-state index in [1.807, 2.05) is 25.2 Å². The van der Waals surface area contributed by atoms with Crippen molar-refractivity contribution in [1.82, 2.24) is 0 Å². The molecule has 12 heavy (non-hydrogen) atoms. The van der Waals surface area contributed by atoms with E-state index in [9.17, 15) is 4.79 Å². The fourth-order valence-electron chi connectivity index (χ4n) is 1.27. The Hall–Kier alpha value is -1.51. The average molecular weight is 163 g/mol. The first-order valence-corrected chi connectivity index (χ1v) is 3.79. The van der Waals surface area contributed by atoms with E-state index >= 15 is 0 Å². The lowest BCUT2D eigenvalue weighted by atomic mass is 10.1. The van der Waals surface area contributed by atoms with E-state index in [0.29, 0.717) is 12.2 Å². The number of hydrogen-bond donors (Lipinski definition) is 1. The summed E-state index contributed by atoms with van der Waals surface area (Å²) in [7, 11) is 1.82. The van der Waals surface area contributed by atoms with Crippen LogP contribution in [0, 0.1) is 0 Å². The van der Waals surface area contributed by atoms with Crippen LogP contribution >= 0.6 is 0 Å². The van der Waals surface area contributed by atoms with Crippen LogP contribution in [0.1, 0.15) is 15.9 Å². The number of fused-ring (bicyclic) bond motifs is 1. The van der Waals surface area contributed by atoms with Crippen LogP contribution in [0.4, 0.5) is 5.69 Å². The number of hydrogen-bond acceptors (Lipinski definition) is 3. The fourth-order valence-corrected chi connectivity index (χ4v) is 1.27. The number of nitrogens with one attached hydrogen (secondary N) is 1. The number of carbonyl (C=O) groups excluding carboxylic acids is 1. The summed E-state index contributed by atoms with van der Waals surface area (Å²) in [5, 5.41) is 2.97. The molecular weight excluding hydrogens is 154 g/mol. The Balaban J connectivity index is 2.50. The molecule has 2 rings (SSSR count). The zero-order valence-electron chi connectivity index (χ0n) is 6.76. The summed E-state index contributed by atoms with van der Waals surface area (Å²) >= 11 is 0. The van der Waals surface area contributed by atoms with Gasteiger partial charge >= 0.3 is 5.97 Å². The third-order valence-electron chi connectivity index (χ3n) is 1.98. The van der Waals surface area contributed by atoms with Gasteiger partial charge < -0.3 is 10.1 Å². The van der Waals surface area contributed by atoms with Crippen LogP contribution in [-0.2, 0) is 11.3 Å². The van der Waals surface area contributed by atoms with E-state index in [4.69, 9.17) is 4.74 Å². The quantitative estimate of drug-likeness (QED) is 0.636. The molecule has 0 saturated heterocycles. The monoisotopic (exact) mass is 163 g/mol. The standard InChI is InChI=1S/C9H9NO2/c1-10-7-3-2-6-5-12-9(11)8(6)4-7/h2-4,10H,5H2,1H3. The van der Waals surface area contributed by atoms with Crippen LogP contribution in [0.15, 0.2) is 18.2 Å². The maximum Gasteiger partial charge on any atom is 0.338 e. The SMILES string of the molecule is CNc1ccc2c(c1)C(=O)OC2. The Bertz CT molecular complexity index is 333. The maximum absolute atomic E-state index is 11.1. The molecule has 0 aliphatic carbocycles. The molecule has 0 aromatic heterocycles. The second kappa shape index (κ2) is 2.52. The van der Waals surface area contributed by atoms with Crippen molar-refractivity contribution in [2.24, 2.45) is 0 Å². The number of cyclic esters (lactones) is 1. The summed E-state index contributed by atoms with van der Waals surface area (Å²) in [6.45, 7) is 0.415. The minimum absolute atomic E-state index is 0.220. The second-order valence-corrected chi connectivity index (χ2v) is 2.70. The van der Waals surface area contributed by atoms with Crippen molar-refractivity contribution in [3.8, 4) is 0 Å². The van der Waals surface area contributed by atoms with Crippen LogP contribution in [0.25, 0.3) is 0 Å². The Kier molecular flexibility index (Phi) is 1.50. The normalized spacial score (nSPS) is 13.9. The number of ether oxygens (including phenoxy) is 1. The van der Waals surface area contributed by atoms with Crippen molar-refractivity contribution in [2.45, 2.75) is 6.61 Å². The summed E-state index contributed by atoms with van der Waals surface area (Å²) in [6.07, 6.45) is 0. The number of carbonyl (C=O) groups is 1. The summed E-state index contributed by atoms with van der Waals surface area (Å²) < 4.78 is 4.86. The highest BCUT2D eigenvalue weighted by atomic mass is 16.5. The first-order valence-electron chi connectivity index (χ1n) is 3.79. The Morgan fingerprint density at radius 1 is 1.50 bits per heavy atom. The second-order valence-electron chi connectivity index (χ2n) is 2.70. The van der Waals surface area contributed by atoms with Crippen molar-refractivity contribution >= 4 is 11.7 Å². The third kappa shape index (κ3) is 0.942. The molecule has 1 aromatic rings. The van der Waals surface area contributed by atoms with E-state index in [0.717, 1.165) is 11.3 Å². The van der Waals surface area contributed by atoms with Gasteiger partial charge in [-0.25, -0.2) is 4.79 Å². The van der Waals surface area contributed by atoms with Crippen molar-refractivity contribution in [3.63, 3.8) is 0 Å². The molecule has 0 atom stereocenters. The van der Waals surface area contributed by atoms with Gasteiger partial charge in [0, 0.05) is 18.3 Å². The molecule has 0 radical (unpaired) electrons. The molecule has 1 N–H and O–H groups in total. The number of esters is 1. The highest BCUT2D eigenvalue weighted by Gasteiger charge is 2.20. The predicted octanol–water partition coefficient (Wildman–Crippen LogP) is 1.40. The molecule has 1 aromatic carbocycles. The molecule has 62 valence electrons. The van der Waals surface area contributed by atoms with Gasteiger partial charge in [-0.2, -0.15) is 0 Å². The smallest absolute Gasteiger partial charge is 0.338 e. The summed E-state index contributed by atoms with van der Waals surface area (Å²) in [5.74, 6) is -0.220. The summed E-state index contributed by atoms with van der Waals surface area (Å²) in [4.78, 5) is 11.1. The molecular formula is C9H9NO2. The minimum atomic E-state index is -0.220. The van der Waals surface area contributed by atoms with E-state index in [2.05, 4.69) is 5.32 Å². The van der Waals surface area contributed by atoms with Gasteiger partial charge in [0.15, 0.2) is 0 Å². The molecule has 0 spiro atoms. The molecule has 0 bridgehead atoms. The molecule has 3 heteroatoms. The van der Waals surface area contributed by atoms with Gasteiger partial charge in [0.2, 0.25) is 0 Å². The largest absolute Gasteiger partial charge is 0.457 e. The number of anilines is 1. The molecule has 0 amide bonds. The Morgan fingerprint density at radius 3 is 3.08 bits per heavy atom. The Morgan fingerprint density at radius 2 is 2.33 bits per heavy atom. The third-order valence-corrected chi connectivity index (χ3v) is 1.98. The molecule has 0 fully saturated rings. The lowest BCUT2D eigenvalue weighted by Gasteiger charge is -1.99. The average Bonchev–Trinajstić information content (AvgIpc) is 2.47. The zero-order valence-corrected chi connectivity index (χ0v) is 6.76. The molecule has 1 heterocycles. The number of rotatable bonds is 1. The number of benzene rings is 1. The summed E-state index contributed by atoms with van der Waals surface area (Å²) in [6, 6.07) is 5.65. The van der Waals surface area contributed by atoms with Gasteiger partial charge in [-0.3, -0.25) is 0 Å². The van der Waals surface area contributed by atoms with Crippen LogP contribution < -0.4 is 5.32 Å². The highest BCUT2D eigenvalue weighted by molar-refractivity contribution is 5.94.